The van der Waals surface area contributed by atoms with E-state index < -0.39 is 0 Å². The highest BCUT2D eigenvalue weighted by atomic mass is 127. The van der Waals surface area contributed by atoms with Crippen molar-refractivity contribution < 1.29 is 0 Å². The van der Waals surface area contributed by atoms with Gasteiger partial charge < -0.3 is 0 Å². The molecule has 0 radical (unpaired) electrons. The summed E-state index contributed by atoms with van der Waals surface area (Å²) in [5, 5.41) is 0. The van der Waals surface area contributed by atoms with Crippen LogP contribution in [0.5, 0.6) is 0 Å². The molecule has 0 aliphatic carbocycles. The quantitative estimate of drug-likeness (QED) is 0.392. The molecule has 0 N–H and O–H groups in total. The first-order valence-corrected chi connectivity index (χ1v) is 4.16. The summed E-state index contributed by atoms with van der Waals surface area (Å²) in [5.74, 6) is 0. The van der Waals surface area contributed by atoms with Gasteiger partial charge in [-0.15, -0.1) is 6.58 Å². The average Bonchev–Trinajstić information content (AvgIpc) is 1.61. The zero-order chi connectivity index (χ0) is 6.57. The molecule has 1 unspecified atom stereocenters. The van der Waals surface area contributed by atoms with Gasteiger partial charge >= 0.3 is 0 Å². The minimum Gasteiger partial charge on any atom is -0.100 e. The van der Waals surface area contributed by atoms with E-state index in [2.05, 4.69) is 43.0 Å². The van der Waals surface area contributed by atoms with Crippen molar-refractivity contribution in [1.82, 2.24) is 0 Å². The van der Waals surface area contributed by atoms with Gasteiger partial charge in [-0.1, -0.05) is 35.1 Å². The minimum atomic E-state index is 0.796. The molecule has 0 fully saturated rings. The lowest BCUT2D eigenvalue weighted by atomic mass is 10.2. The van der Waals surface area contributed by atoms with Crippen molar-refractivity contribution in [3.8, 4) is 0 Å². The number of hydrogen-bond acceptors (Lipinski definition) is 0. The highest BCUT2D eigenvalue weighted by Gasteiger charge is 1.93. The molecule has 0 saturated heterocycles. The summed E-state index contributed by atoms with van der Waals surface area (Å²) in [5.41, 5.74) is 1.30. The highest BCUT2D eigenvalue weighted by Crippen LogP contribution is 2.10. The maximum atomic E-state index is 3.82. The van der Waals surface area contributed by atoms with Crippen molar-refractivity contribution in [1.29, 1.82) is 0 Å². The van der Waals surface area contributed by atoms with Crippen molar-refractivity contribution in [3.63, 3.8) is 0 Å². The van der Waals surface area contributed by atoms with Crippen LogP contribution in [0.2, 0.25) is 0 Å². The Labute approximate surface area is 65.5 Å². The summed E-state index contributed by atoms with van der Waals surface area (Å²) in [4.78, 5) is 0. The third-order valence-corrected chi connectivity index (χ3v) is 1.59. The van der Waals surface area contributed by atoms with Crippen LogP contribution in [0.4, 0.5) is 0 Å². The molecule has 0 bridgehead atoms. The fourth-order valence-corrected chi connectivity index (χ4v) is 0.757. The largest absolute Gasteiger partial charge is 0.100 e. The number of halogens is 1. The smallest absolute Gasteiger partial charge is 0.00843 e. The predicted molar refractivity (Wildman–Crippen MR) is 47.5 cm³/mol. The molecular formula is C7H13I. The van der Waals surface area contributed by atoms with E-state index in [0.29, 0.717) is 0 Å². The maximum absolute atomic E-state index is 3.82. The van der Waals surface area contributed by atoms with Crippen molar-refractivity contribution >= 4 is 22.6 Å². The Bertz CT molecular complexity index is 74.5. The van der Waals surface area contributed by atoms with E-state index >= 15 is 0 Å². The van der Waals surface area contributed by atoms with Crippen LogP contribution in [0.15, 0.2) is 12.2 Å². The fraction of sp³-hybridized carbons (Fsp3) is 0.714. The van der Waals surface area contributed by atoms with Crippen LogP contribution in [-0.2, 0) is 0 Å². The van der Waals surface area contributed by atoms with Crippen LogP contribution < -0.4 is 0 Å². The van der Waals surface area contributed by atoms with Gasteiger partial charge in [0, 0.05) is 3.92 Å². The average molecular weight is 224 g/mol. The summed E-state index contributed by atoms with van der Waals surface area (Å²) in [6.07, 6.45) is 2.46. The Kier molecular flexibility index (Phi) is 4.61. The van der Waals surface area contributed by atoms with E-state index in [1.807, 2.05) is 0 Å². The van der Waals surface area contributed by atoms with Crippen LogP contribution in [0.3, 0.4) is 0 Å². The SMILES string of the molecule is C=C(C)CCC(C)I. The monoisotopic (exact) mass is 224 g/mol. The standard InChI is InChI=1S/C7H13I/c1-6(2)4-5-7(3)8/h7H,1,4-5H2,2-3H3. The van der Waals surface area contributed by atoms with Gasteiger partial charge in [-0.25, -0.2) is 0 Å². The highest BCUT2D eigenvalue weighted by molar-refractivity contribution is 14.1. The summed E-state index contributed by atoms with van der Waals surface area (Å²) < 4.78 is 0.796. The molecule has 0 rings (SSSR count). The van der Waals surface area contributed by atoms with Crippen LogP contribution >= 0.6 is 22.6 Å². The molecule has 0 aromatic rings. The van der Waals surface area contributed by atoms with Crippen LogP contribution in [0.25, 0.3) is 0 Å². The van der Waals surface area contributed by atoms with Gasteiger partial charge in [0.25, 0.3) is 0 Å². The van der Waals surface area contributed by atoms with Crippen LogP contribution in [0.1, 0.15) is 26.7 Å². The van der Waals surface area contributed by atoms with Crippen molar-refractivity contribution in [2.75, 3.05) is 0 Å². The van der Waals surface area contributed by atoms with E-state index in [1.165, 1.54) is 18.4 Å². The van der Waals surface area contributed by atoms with Gasteiger partial charge in [-0.2, -0.15) is 0 Å². The van der Waals surface area contributed by atoms with E-state index in [1.54, 1.807) is 0 Å². The van der Waals surface area contributed by atoms with Crippen LogP contribution in [0, 0.1) is 0 Å². The Balaban J connectivity index is 3.05. The number of hydrogen-bond donors (Lipinski definition) is 0. The lowest BCUT2D eigenvalue weighted by Gasteiger charge is -1.99. The first-order valence-electron chi connectivity index (χ1n) is 2.91. The molecule has 0 spiro atoms. The van der Waals surface area contributed by atoms with Gasteiger partial charge in [0.15, 0.2) is 0 Å². The molecule has 0 heterocycles. The second kappa shape index (κ2) is 4.36. The molecule has 1 atom stereocenters. The minimum absolute atomic E-state index is 0.796. The molecule has 8 heavy (non-hydrogen) atoms. The van der Waals surface area contributed by atoms with E-state index in [9.17, 15) is 0 Å². The Morgan fingerprint density at radius 2 is 2.25 bits per heavy atom. The van der Waals surface area contributed by atoms with E-state index in [-0.39, 0.29) is 0 Å². The zero-order valence-corrected chi connectivity index (χ0v) is 7.73. The Hall–Kier alpha value is 0.470. The summed E-state index contributed by atoms with van der Waals surface area (Å²) in [7, 11) is 0. The molecule has 48 valence electrons. The van der Waals surface area contributed by atoms with Crippen molar-refractivity contribution in [2.24, 2.45) is 0 Å². The topological polar surface area (TPSA) is 0 Å². The molecule has 0 aromatic heterocycles. The Morgan fingerprint density at radius 3 is 2.38 bits per heavy atom. The lowest BCUT2D eigenvalue weighted by Crippen LogP contribution is -1.88. The predicted octanol–water partition coefficient (Wildman–Crippen LogP) is 3.17. The summed E-state index contributed by atoms with van der Waals surface area (Å²) in [6.45, 7) is 8.13. The van der Waals surface area contributed by atoms with Gasteiger partial charge in [0.05, 0.1) is 0 Å². The van der Waals surface area contributed by atoms with Gasteiger partial charge in [-0.3, -0.25) is 0 Å². The number of alkyl halides is 1. The molecule has 0 aliphatic heterocycles. The van der Waals surface area contributed by atoms with Crippen molar-refractivity contribution in [2.45, 2.75) is 30.6 Å². The third kappa shape index (κ3) is 6.47. The summed E-state index contributed by atoms with van der Waals surface area (Å²) in [6, 6.07) is 0. The second-order valence-electron chi connectivity index (χ2n) is 2.28. The fourth-order valence-electron chi connectivity index (χ4n) is 0.445. The van der Waals surface area contributed by atoms with Crippen molar-refractivity contribution in [3.05, 3.63) is 12.2 Å². The second-order valence-corrected chi connectivity index (χ2v) is 4.40. The molecule has 0 aromatic carbocycles. The maximum Gasteiger partial charge on any atom is 0.00843 e. The lowest BCUT2D eigenvalue weighted by molar-refractivity contribution is 0.826. The number of rotatable bonds is 3. The third-order valence-electron chi connectivity index (χ3n) is 0.969. The summed E-state index contributed by atoms with van der Waals surface area (Å²) >= 11 is 2.43. The van der Waals surface area contributed by atoms with E-state index in [4.69, 9.17) is 0 Å². The van der Waals surface area contributed by atoms with Gasteiger partial charge in [0.2, 0.25) is 0 Å². The van der Waals surface area contributed by atoms with E-state index in [0.717, 1.165) is 3.92 Å². The Morgan fingerprint density at radius 1 is 1.75 bits per heavy atom. The van der Waals surface area contributed by atoms with Gasteiger partial charge in [0.1, 0.15) is 0 Å². The molecule has 1 heteroatoms. The molecular weight excluding hydrogens is 211 g/mol. The number of allylic oxidation sites excluding steroid dienone is 1. The molecule has 0 nitrogen and oxygen atoms in total. The first-order chi connectivity index (χ1) is 3.63. The molecule has 0 amide bonds. The molecule has 0 saturated carbocycles. The van der Waals surface area contributed by atoms with Gasteiger partial charge in [-0.05, 0) is 19.8 Å². The van der Waals surface area contributed by atoms with Crippen LogP contribution in [-0.4, -0.2) is 3.92 Å². The molecule has 0 aliphatic rings. The first kappa shape index (κ1) is 8.47. The normalized spacial score (nSPS) is 13.4. The zero-order valence-electron chi connectivity index (χ0n) is 5.58.